The molecule has 134 heavy (non-hydrogen) atoms. The van der Waals surface area contributed by atoms with Crippen LogP contribution >= 0.6 is 0 Å². The Morgan fingerprint density at radius 2 is 0.351 bits per heavy atom. The lowest BCUT2D eigenvalue weighted by molar-refractivity contribution is 0.668. The first-order chi connectivity index (χ1) is 66.4. The first-order valence-corrected chi connectivity index (χ1v) is 45.0. The quantitative estimate of drug-likeness (QED) is 0.127. The van der Waals surface area contributed by atoms with Gasteiger partial charge in [0.25, 0.3) is 0 Å². The third-order valence-corrected chi connectivity index (χ3v) is 26.4. The van der Waals surface area contributed by atoms with Gasteiger partial charge in [-0.25, -0.2) is 44.9 Å². The molecule has 23 aromatic carbocycles. The molecule has 11 heteroatoms. The van der Waals surface area contributed by atoms with E-state index in [4.69, 9.17) is 53.7 Å². The highest BCUT2D eigenvalue weighted by Gasteiger charge is 2.24. The molecule has 5 heterocycles. The number of hydrogen-bond acceptors (Lipinski definition) is 11. The summed E-state index contributed by atoms with van der Waals surface area (Å²) in [5, 5.41) is 33.5. The smallest absolute Gasteiger partial charge is 0.164 e. The highest BCUT2D eigenvalue weighted by atomic mass is 16.3. The van der Waals surface area contributed by atoms with Gasteiger partial charge in [-0.3, -0.25) is 0 Å². The maximum atomic E-state index is 6.23. The number of hydrogen-bond donors (Lipinski definition) is 0. The predicted molar refractivity (Wildman–Crippen MR) is 553 cm³/mol. The number of rotatable bonds is 9. The van der Waals surface area contributed by atoms with Gasteiger partial charge < -0.3 is 8.83 Å². The van der Waals surface area contributed by atoms with Crippen molar-refractivity contribution in [2.75, 3.05) is 0 Å². The van der Waals surface area contributed by atoms with Gasteiger partial charge in [-0.15, -0.1) is 0 Å². The molecule has 0 aliphatic carbocycles. The molecule has 28 aromatic rings. The SMILES string of the molecule is c1ccc(-c2nc(-c3ccc4oc5ccccc5c4c3)nc(-c3cccc4c3ccc3c4ccc4c5ccccc5ccc43)n2)cc1.c1ccc(-c2nc(-c3cccc4c3ccc3c4ccc4c5ccccc5ccc43)nc(-c3cccc4oc5ccccc5c34)n2)cc1.c1ccc(-c2nc(-c3ccccc3)nc(-c3cccc4c3ccc3c4ccc4c5ccccc5ccc43)n2)cc1. The summed E-state index contributed by atoms with van der Waals surface area (Å²) in [5.74, 6) is 5.78. The van der Waals surface area contributed by atoms with E-state index in [0.29, 0.717) is 52.4 Å². The molecule has 0 spiro atoms. The molecule has 0 aliphatic heterocycles. The van der Waals surface area contributed by atoms with Crippen LogP contribution in [0.2, 0.25) is 0 Å². The van der Waals surface area contributed by atoms with E-state index >= 15 is 0 Å². The second-order valence-corrected chi connectivity index (χ2v) is 34.0. The summed E-state index contributed by atoms with van der Waals surface area (Å²) >= 11 is 0. The number of nitrogens with zero attached hydrogens (tertiary/aromatic N) is 9. The van der Waals surface area contributed by atoms with Gasteiger partial charge in [0.15, 0.2) is 52.4 Å². The molecular formula is C123H73N9O2. The standard InChI is InChI=1S/2C43H25N3O.C37H23N3/c1-2-11-27(12-3-1)41-44-42(46-43(45-41)37-17-9-19-39-40(37)36-14-6-7-18-38(36)47-39)35-16-8-15-29-32-23-22-30-28-13-5-4-10-26(28)20-21-31(30)33(32)24-25-34(29)35;1-2-10-27(11-3-1)41-44-42(28-18-24-40-38(25-28)36-13-6-7-16-39(36)47-40)46-43(45-41)37-15-8-14-30-33-21-20-31-29-12-5-4-9-26(29)17-19-32(31)34(33)22-23-35(30)37;1-3-11-25(12-4-1)35-38-36(26-13-5-2-6-14-26)40-37(39-35)34-17-9-16-28-31-21-20-29-27-15-8-7-10-24(27)18-19-30(29)32(31)22-23-33(28)34/h2*1-25H;1-23H. The Morgan fingerprint density at radius 3 is 0.731 bits per heavy atom. The van der Waals surface area contributed by atoms with E-state index in [1.807, 2.05) is 182 Å². The molecular weight excluding hydrogens is 1640 g/mol. The summed E-state index contributed by atoms with van der Waals surface area (Å²) in [6, 6.07) is 154. The summed E-state index contributed by atoms with van der Waals surface area (Å²) in [6.07, 6.45) is 0. The van der Waals surface area contributed by atoms with Crippen molar-refractivity contribution in [3.05, 3.63) is 443 Å². The van der Waals surface area contributed by atoms with E-state index in [1.54, 1.807) is 0 Å². The average molecular weight is 1710 g/mol. The summed E-state index contributed by atoms with van der Waals surface area (Å²) in [6.45, 7) is 0. The van der Waals surface area contributed by atoms with Gasteiger partial charge in [0.05, 0.1) is 0 Å². The van der Waals surface area contributed by atoms with E-state index in [2.05, 4.69) is 261 Å². The van der Waals surface area contributed by atoms with Gasteiger partial charge in [-0.1, -0.05) is 406 Å². The van der Waals surface area contributed by atoms with Gasteiger partial charge in [-0.2, -0.15) is 0 Å². The van der Waals surface area contributed by atoms with Crippen LogP contribution in [-0.2, 0) is 0 Å². The number of benzene rings is 23. The Morgan fingerprint density at radius 1 is 0.119 bits per heavy atom. The first-order valence-electron chi connectivity index (χ1n) is 45.0. The maximum absolute atomic E-state index is 6.23. The fraction of sp³-hybridized carbons (Fsp3) is 0. The fourth-order valence-electron chi connectivity index (χ4n) is 20.0. The monoisotopic (exact) mass is 1710 g/mol. The zero-order valence-electron chi connectivity index (χ0n) is 72.0. The van der Waals surface area contributed by atoms with Crippen molar-refractivity contribution in [2.24, 2.45) is 0 Å². The summed E-state index contributed by atoms with van der Waals surface area (Å²) in [4.78, 5) is 45.4. The van der Waals surface area contributed by atoms with Gasteiger partial charge in [0.1, 0.15) is 22.3 Å². The van der Waals surface area contributed by atoms with Crippen LogP contribution in [0.3, 0.4) is 0 Å². The molecule has 0 amide bonds. The lowest BCUT2D eigenvalue weighted by atomic mass is 9.93. The van der Waals surface area contributed by atoms with Crippen LogP contribution in [0, 0.1) is 0 Å². The van der Waals surface area contributed by atoms with E-state index < -0.39 is 0 Å². The third kappa shape index (κ3) is 13.2. The summed E-state index contributed by atoms with van der Waals surface area (Å²) in [5.41, 5.74) is 11.9. The molecule has 0 N–H and O–H groups in total. The molecule has 0 radical (unpaired) electrons. The van der Waals surface area contributed by atoms with Crippen molar-refractivity contribution in [3.63, 3.8) is 0 Å². The van der Waals surface area contributed by atoms with Crippen molar-refractivity contribution in [1.29, 1.82) is 0 Å². The van der Waals surface area contributed by atoms with Crippen molar-refractivity contribution in [1.82, 2.24) is 44.9 Å². The lowest BCUT2D eigenvalue weighted by Crippen LogP contribution is -2.01. The van der Waals surface area contributed by atoms with Crippen LogP contribution in [0.5, 0.6) is 0 Å². The van der Waals surface area contributed by atoms with Crippen molar-refractivity contribution in [3.8, 4) is 102 Å². The molecule has 28 rings (SSSR count). The third-order valence-electron chi connectivity index (χ3n) is 26.4. The highest BCUT2D eigenvalue weighted by Crippen LogP contribution is 2.45. The molecule has 0 aliphatic rings. The van der Waals surface area contributed by atoms with Crippen LogP contribution < -0.4 is 0 Å². The van der Waals surface area contributed by atoms with Gasteiger partial charge in [0, 0.05) is 71.6 Å². The van der Waals surface area contributed by atoms with Crippen LogP contribution in [0.15, 0.2) is 452 Å². The number of para-hydroxylation sites is 2. The van der Waals surface area contributed by atoms with Crippen molar-refractivity contribution < 1.29 is 8.83 Å². The number of aromatic nitrogens is 9. The van der Waals surface area contributed by atoms with Gasteiger partial charge in [-0.05, 0) is 166 Å². The first kappa shape index (κ1) is 77.0. The zero-order chi connectivity index (χ0) is 88.3. The molecule has 0 unspecified atom stereocenters. The zero-order valence-corrected chi connectivity index (χ0v) is 72.0. The van der Waals surface area contributed by atoms with Gasteiger partial charge in [0.2, 0.25) is 0 Å². The van der Waals surface area contributed by atoms with E-state index in [9.17, 15) is 0 Å². The molecule has 0 saturated carbocycles. The Bertz CT molecular complexity index is 9610. The molecule has 0 saturated heterocycles. The summed E-state index contributed by atoms with van der Waals surface area (Å²) in [7, 11) is 0. The van der Waals surface area contributed by atoms with Crippen LogP contribution in [0.4, 0.5) is 0 Å². The largest absolute Gasteiger partial charge is 0.456 e. The fourth-order valence-corrected chi connectivity index (χ4v) is 20.0. The predicted octanol–water partition coefficient (Wildman–Crippen LogP) is 32.3. The minimum atomic E-state index is 0.613. The van der Waals surface area contributed by atoms with Crippen LogP contribution in [-0.4, -0.2) is 44.9 Å². The van der Waals surface area contributed by atoms with Crippen molar-refractivity contribution >= 4 is 173 Å². The Hall–Kier alpha value is -18.2. The Balaban J connectivity index is 0.000000105. The Kier molecular flexibility index (Phi) is 18.3. The van der Waals surface area contributed by atoms with E-state index in [-0.39, 0.29) is 0 Å². The minimum absolute atomic E-state index is 0.613. The molecule has 0 atom stereocenters. The van der Waals surface area contributed by atoms with Crippen molar-refractivity contribution in [2.45, 2.75) is 0 Å². The maximum Gasteiger partial charge on any atom is 0.164 e. The minimum Gasteiger partial charge on any atom is -0.456 e. The van der Waals surface area contributed by atoms with Crippen LogP contribution in [0.1, 0.15) is 0 Å². The van der Waals surface area contributed by atoms with Gasteiger partial charge >= 0.3 is 0 Å². The highest BCUT2D eigenvalue weighted by molar-refractivity contribution is 6.27. The van der Waals surface area contributed by atoms with E-state index in [1.165, 1.54) is 113 Å². The molecule has 5 aromatic heterocycles. The topological polar surface area (TPSA) is 142 Å². The number of fused-ring (bicyclic) bond motifs is 27. The lowest BCUT2D eigenvalue weighted by Gasteiger charge is -2.13. The normalized spacial score (nSPS) is 11.7. The molecule has 11 nitrogen and oxygen atoms in total. The average Bonchev–Trinajstić information content (AvgIpc) is 1.10. The second kappa shape index (κ2) is 31.9. The van der Waals surface area contributed by atoms with E-state index in [0.717, 1.165) is 110 Å². The second-order valence-electron chi connectivity index (χ2n) is 34.0. The Labute approximate surface area is 767 Å². The molecule has 622 valence electrons. The van der Waals surface area contributed by atoms with Crippen LogP contribution in [0.25, 0.3) is 276 Å². The summed E-state index contributed by atoms with van der Waals surface area (Å²) < 4.78 is 12.3. The molecule has 0 fully saturated rings. The number of furan rings is 2. The molecule has 0 bridgehead atoms.